The molecule has 0 aliphatic carbocycles. The molecule has 0 fully saturated rings. The molecule has 4 N–H and O–H groups in total. The summed E-state index contributed by atoms with van der Waals surface area (Å²) < 4.78 is 42.3. The summed E-state index contributed by atoms with van der Waals surface area (Å²) in [6.45, 7) is 0. The molecule has 0 atom stereocenters. The Morgan fingerprint density at radius 3 is 2.45 bits per heavy atom. The van der Waals surface area contributed by atoms with Crippen LogP contribution in [0.2, 0.25) is 0 Å². The summed E-state index contributed by atoms with van der Waals surface area (Å²) in [5.74, 6) is 0.448. The topological polar surface area (TPSA) is 116 Å². The van der Waals surface area contributed by atoms with Gasteiger partial charge >= 0.3 is 12.2 Å². The molecule has 0 saturated heterocycles. The van der Waals surface area contributed by atoms with Crippen molar-refractivity contribution < 1.29 is 18.0 Å². The molecule has 0 aliphatic rings. The Labute approximate surface area is 173 Å². The quantitative estimate of drug-likeness (QED) is 0.458. The fourth-order valence-electron chi connectivity index (χ4n) is 2.86. The lowest BCUT2D eigenvalue weighted by Gasteiger charge is -2.15. The highest BCUT2D eigenvalue weighted by Gasteiger charge is 2.31. The van der Waals surface area contributed by atoms with Gasteiger partial charge in [0, 0.05) is 11.4 Å². The Bertz CT molecular complexity index is 1200. The number of imidazole rings is 1. The van der Waals surface area contributed by atoms with Crippen molar-refractivity contribution >= 4 is 23.2 Å². The Balaban J connectivity index is 1.54. The molecule has 0 aliphatic heterocycles. The van der Waals surface area contributed by atoms with Crippen LogP contribution in [0.25, 0.3) is 11.4 Å². The molecule has 4 aromatic rings. The van der Waals surface area contributed by atoms with E-state index in [-0.39, 0.29) is 11.4 Å². The normalized spacial score (nSPS) is 11.3. The first-order valence-corrected chi connectivity index (χ1v) is 8.85. The lowest BCUT2D eigenvalue weighted by Crippen LogP contribution is -2.21. The summed E-state index contributed by atoms with van der Waals surface area (Å²) in [7, 11) is 0. The zero-order valence-electron chi connectivity index (χ0n) is 15.7. The molecule has 2 aromatic heterocycles. The molecule has 0 radical (unpaired) electrons. The largest absolute Gasteiger partial charge is 0.416 e. The molecule has 9 nitrogen and oxygen atoms in total. The zero-order valence-corrected chi connectivity index (χ0v) is 15.7. The van der Waals surface area contributed by atoms with Crippen LogP contribution in [-0.4, -0.2) is 30.6 Å². The number of halogens is 3. The monoisotopic (exact) mass is 428 g/mol. The summed E-state index contributed by atoms with van der Waals surface area (Å²) in [4.78, 5) is 16.4. The van der Waals surface area contributed by atoms with Crippen molar-refractivity contribution in [3.8, 4) is 11.4 Å². The lowest BCUT2D eigenvalue weighted by atomic mass is 10.1. The number of nitrogens with two attached hydrogens (primary N) is 1. The fraction of sp³-hybridized carbons (Fsp3) is 0.0526. The van der Waals surface area contributed by atoms with Gasteiger partial charge in [-0.3, -0.25) is 4.57 Å². The predicted octanol–water partition coefficient (Wildman–Crippen LogP) is 3.70. The van der Waals surface area contributed by atoms with Crippen LogP contribution in [-0.2, 0) is 6.18 Å². The van der Waals surface area contributed by atoms with E-state index in [2.05, 4.69) is 25.9 Å². The summed E-state index contributed by atoms with van der Waals surface area (Å²) in [6, 6.07) is 8.88. The SMILES string of the molecule is Nc1cncn1-c1ccc(NC(=O)Nc2cc(C(F)(F)F)ccc2-n2ccnn2)cc1. The van der Waals surface area contributed by atoms with Gasteiger partial charge in [-0.25, -0.2) is 14.5 Å². The minimum atomic E-state index is -4.57. The van der Waals surface area contributed by atoms with E-state index in [0.717, 1.165) is 17.8 Å². The molecular formula is C19H15F3N8O. The molecule has 2 heterocycles. The average molecular weight is 428 g/mol. The summed E-state index contributed by atoms with van der Waals surface area (Å²) in [6.07, 6.45) is 1.30. The Kier molecular flexibility index (Phi) is 5.03. The number of nitrogens with one attached hydrogen (secondary N) is 2. The first-order valence-electron chi connectivity index (χ1n) is 8.85. The Morgan fingerprint density at radius 1 is 1.06 bits per heavy atom. The fourth-order valence-corrected chi connectivity index (χ4v) is 2.86. The van der Waals surface area contributed by atoms with Gasteiger partial charge in [0.1, 0.15) is 12.1 Å². The number of alkyl halides is 3. The van der Waals surface area contributed by atoms with Crippen molar-refractivity contribution in [2.45, 2.75) is 6.18 Å². The molecule has 2 amide bonds. The maximum atomic E-state index is 13.1. The highest BCUT2D eigenvalue weighted by molar-refractivity contribution is 6.01. The van der Waals surface area contributed by atoms with Crippen molar-refractivity contribution in [2.75, 3.05) is 16.4 Å². The van der Waals surface area contributed by atoms with Crippen LogP contribution in [0.3, 0.4) is 0 Å². The van der Waals surface area contributed by atoms with Crippen molar-refractivity contribution in [1.29, 1.82) is 0 Å². The number of aromatic nitrogens is 5. The van der Waals surface area contributed by atoms with Gasteiger partial charge in [-0.05, 0) is 42.5 Å². The maximum Gasteiger partial charge on any atom is 0.416 e. The highest BCUT2D eigenvalue weighted by atomic mass is 19.4. The van der Waals surface area contributed by atoms with E-state index in [1.54, 1.807) is 35.2 Å². The first-order chi connectivity index (χ1) is 14.8. The summed E-state index contributed by atoms with van der Waals surface area (Å²) >= 11 is 0. The Morgan fingerprint density at radius 2 is 1.84 bits per heavy atom. The molecule has 31 heavy (non-hydrogen) atoms. The van der Waals surface area contributed by atoms with E-state index in [0.29, 0.717) is 11.5 Å². The third kappa shape index (κ3) is 4.32. The minimum Gasteiger partial charge on any atom is -0.383 e. The van der Waals surface area contributed by atoms with Crippen LogP contribution < -0.4 is 16.4 Å². The Hall–Kier alpha value is -4.35. The van der Waals surface area contributed by atoms with Crippen LogP contribution in [0, 0.1) is 0 Å². The van der Waals surface area contributed by atoms with Crippen molar-refractivity contribution in [2.24, 2.45) is 0 Å². The third-order valence-corrected chi connectivity index (χ3v) is 4.31. The van der Waals surface area contributed by atoms with Crippen LogP contribution in [0.1, 0.15) is 5.56 Å². The number of carbonyl (C=O) groups excluding carboxylic acids is 1. The predicted molar refractivity (Wildman–Crippen MR) is 107 cm³/mol. The standard InChI is InChI=1S/C19H15F3N8O/c20-19(21,22)12-1-6-16(30-8-7-25-28-30)15(9-12)27-18(31)26-13-2-4-14(5-3-13)29-11-24-10-17(29)23/h1-11H,23H2,(H2,26,27,31). The van der Waals surface area contributed by atoms with Gasteiger partial charge in [0.25, 0.3) is 0 Å². The molecular weight excluding hydrogens is 413 g/mol. The van der Waals surface area contributed by atoms with E-state index < -0.39 is 17.8 Å². The zero-order chi connectivity index (χ0) is 22.0. The van der Waals surface area contributed by atoms with E-state index in [1.165, 1.54) is 29.3 Å². The van der Waals surface area contributed by atoms with Gasteiger partial charge < -0.3 is 16.4 Å². The number of hydrogen-bond acceptors (Lipinski definition) is 5. The second-order valence-corrected chi connectivity index (χ2v) is 6.39. The number of nitrogens with zero attached hydrogens (tertiary/aromatic N) is 5. The maximum absolute atomic E-state index is 13.1. The van der Waals surface area contributed by atoms with Crippen LogP contribution in [0.4, 0.5) is 35.2 Å². The first kappa shape index (κ1) is 19.9. The van der Waals surface area contributed by atoms with Crippen molar-refractivity contribution in [3.63, 3.8) is 0 Å². The average Bonchev–Trinajstić information content (AvgIpc) is 3.40. The molecule has 12 heteroatoms. The van der Waals surface area contributed by atoms with E-state index in [1.807, 2.05) is 0 Å². The number of carbonyl (C=O) groups is 1. The number of urea groups is 1. The lowest BCUT2D eigenvalue weighted by molar-refractivity contribution is -0.137. The van der Waals surface area contributed by atoms with E-state index in [4.69, 9.17) is 5.73 Å². The second-order valence-electron chi connectivity index (χ2n) is 6.39. The third-order valence-electron chi connectivity index (χ3n) is 4.31. The summed E-state index contributed by atoms with van der Waals surface area (Å²) in [5, 5.41) is 12.4. The van der Waals surface area contributed by atoms with Gasteiger partial charge in [-0.1, -0.05) is 5.21 Å². The number of anilines is 3. The highest BCUT2D eigenvalue weighted by Crippen LogP contribution is 2.33. The van der Waals surface area contributed by atoms with Gasteiger partial charge in [-0.2, -0.15) is 13.2 Å². The van der Waals surface area contributed by atoms with E-state index >= 15 is 0 Å². The van der Waals surface area contributed by atoms with Crippen LogP contribution in [0.15, 0.2) is 67.4 Å². The van der Waals surface area contributed by atoms with Gasteiger partial charge in [-0.15, -0.1) is 5.10 Å². The second kappa shape index (κ2) is 7.82. The van der Waals surface area contributed by atoms with E-state index in [9.17, 15) is 18.0 Å². The number of rotatable bonds is 4. The molecule has 2 aromatic carbocycles. The van der Waals surface area contributed by atoms with Crippen molar-refractivity contribution in [1.82, 2.24) is 24.5 Å². The molecule has 0 bridgehead atoms. The molecule has 158 valence electrons. The molecule has 0 saturated carbocycles. The molecule has 0 spiro atoms. The van der Waals surface area contributed by atoms with Gasteiger partial charge in [0.2, 0.25) is 0 Å². The summed E-state index contributed by atoms with van der Waals surface area (Å²) in [5.41, 5.74) is 6.19. The minimum absolute atomic E-state index is 0.0827. The van der Waals surface area contributed by atoms with Crippen LogP contribution >= 0.6 is 0 Å². The number of benzene rings is 2. The molecule has 4 rings (SSSR count). The number of amides is 2. The van der Waals surface area contributed by atoms with Gasteiger partial charge in [0.05, 0.1) is 35.5 Å². The van der Waals surface area contributed by atoms with Crippen molar-refractivity contribution in [3.05, 3.63) is 72.9 Å². The van der Waals surface area contributed by atoms with Gasteiger partial charge in [0.15, 0.2) is 0 Å². The smallest absolute Gasteiger partial charge is 0.383 e. The molecule has 0 unspecified atom stereocenters. The number of hydrogen-bond donors (Lipinski definition) is 3. The van der Waals surface area contributed by atoms with Crippen LogP contribution in [0.5, 0.6) is 0 Å². The number of nitrogen functional groups attached to an aromatic ring is 1.